The molecule has 0 bridgehead atoms. The minimum absolute atomic E-state index is 0.174. The Kier molecular flexibility index (Phi) is 4.86. The summed E-state index contributed by atoms with van der Waals surface area (Å²) in [4.78, 5) is 12.4. The number of hydrogen-bond acceptors (Lipinski definition) is 4. The second-order valence-electron chi connectivity index (χ2n) is 5.66. The number of methoxy groups -OCH3 is 1. The molecule has 0 saturated carbocycles. The molecule has 0 saturated heterocycles. The number of ether oxygens (including phenoxy) is 1. The average Bonchev–Trinajstić information content (AvgIpc) is 3.11. The lowest BCUT2D eigenvalue weighted by molar-refractivity contribution is 0.102. The third-order valence-corrected chi connectivity index (χ3v) is 3.85. The van der Waals surface area contributed by atoms with Crippen LogP contribution in [0.15, 0.2) is 59.0 Å². The van der Waals surface area contributed by atoms with Crippen molar-refractivity contribution in [1.29, 1.82) is 0 Å². The summed E-state index contributed by atoms with van der Waals surface area (Å²) in [6.45, 7) is 1.80. The van der Waals surface area contributed by atoms with Crippen molar-refractivity contribution in [3.63, 3.8) is 0 Å². The molecule has 0 fully saturated rings. The highest BCUT2D eigenvalue weighted by atomic mass is 16.5. The van der Waals surface area contributed by atoms with Gasteiger partial charge in [0.15, 0.2) is 0 Å². The standard InChI is InChI=1S/C20H19NO4/c1-13-3-5-14(6-4-13)20(23)21-15-7-9-18(24-2)17(11-15)19-10-8-16(12-22)25-19/h3-11,22H,12H2,1-2H3,(H,21,23). The first kappa shape index (κ1) is 16.8. The number of carbonyl (C=O) groups is 1. The summed E-state index contributed by atoms with van der Waals surface area (Å²) in [5.41, 5.74) is 3.01. The summed E-state index contributed by atoms with van der Waals surface area (Å²) in [7, 11) is 1.57. The molecule has 0 spiro atoms. The molecule has 3 rings (SSSR count). The van der Waals surface area contributed by atoms with Crippen LogP contribution < -0.4 is 10.1 Å². The van der Waals surface area contributed by atoms with Crippen LogP contribution in [0.2, 0.25) is 0 Å². The van der Waals surface area contributed by atoms with Gasteiger partial charge in [0.2, 0.25) is 0 Å². The minimum Gasteiger partial charge on any atom is -0.496 e. The van der Waals surface area contributed by atoms with Crippen LogP contribution >= 0.6 is 0 Å². The van der Waals surface area contributed by atoms with Crippen LogP contribution in [0.25, 0.3) is 11.3 Å². The van der Waals surface area contributed by atoms with Crippen LogP contribution in [-0.4, -0.2) is 18.1 Å². The highest BCUT2D eigenvalue weighted by molar-refractivity contribution is 6.04. The molecule has 0 aliphatic rings. The number of carbonyl (C=O) groups excluding carboxylic acids is 1. The third kappa shape index (κ3) is 3.72. The van der Waals surface area contributed by atoms with E-state index in [0.717, 1.165) is 5.56 Å². The Balaban J connectivity index is 1.88. The van der Waals surface area contributed by atoms with Gasteiger partial charge in [0.05, 0.1) is 12.7 Å². The smallest absolute Gasteiger partial charge is 0.255 e. The number of aryl methyl sites for hydroxylation is 1. The van der Waals surface area contributed by atoms with E-state index in [0.29, 0.717) is 34.1 Å². The molecule has 0 radical (unpaired) electrons. The zero-order chi connectivity index (χ0) is 17.8. The van der Waals surface area contributed by atoms with Crippen LogP contribution in [0.5, 0.6) is 5.75 Å². The first-order chi connectivity index (χ1) is 12.1. The molecule has 3 aromatic rings. The van der Waals surface area contributed by atoms with E-state index in [1.54, 1.807) is 49.6 Å². The Morgan fingerprint density at radius 1 is 1.12 bits per heavy atom. The molecule has 1 amide bonds. The largest absolute Gasteiger partial charge is 0.496 e. The molecular formula is C20H19NO4. The molecular weight excluding hydrogens is 318 g/mol. The molecule has 0 aliphatic carbocycles. The van der Waals surface area contributed by atoms with Gasteiger partial charge in [-0.3, -0.25) is 4.79 Å². The maximum atomic E-state index is 12.4. The average molecular weight is 337 g/mol. The number of hydrogen-bond donors (Lipinski definition) is 2. The number of nitrogens with one attached hydrogen (secondary N) is 1. The monoisotopic (exact) mass is 337 g/mol. The van der Waals surface area contributed by atoms with Crippen molar-refractivity contribution in [3.8, 4) is 17.1 Å². The first-order valence-corrected chi connectivity index (χ1v) is 7.86. The lowest BCUT2D eigenvalue weighted by Crippen LogP contribution is -2.11. The van der Waals surface area contributed by atoms with Crippen molar-refractivity contribution in [2.45, 2.75) is 13.5 Å². The van der Waals surface area contributed by atoms with Crippen LogP contribution in [0.3, 0.4) is 0 Å². The molecule has 1 heterocycles. The molecule has 2 N–H and O–H groups in total. The Labute approximate surface area is 145 Å². The highest BCUT2D eigenvalue weighted by Crippen LogP contribution is 2.34. The zero-order valence-corrected chi connectivity index (χ0v) is 14.1. The number of furan rings is 1. The van der Waals surface area contributed by atoms with E-state index in [-0.39, 0.29) is 12.5 Å². The summed E-state index contributed by atoms with van der Waals surface area (Å²) in [6, 6.07) is 16.1. The van der Waals surface area contributed by atoms with Gasteiger partial charge in [0, 0.05) is 11.3 Å². The van der Waals surface area contributed by atoms with Crippen molar-refractivity contribution in [2.24, 2.45) is 0 Å². The minimum atomic E-state index is -0.188. The summed E-state index contributed by atoms with van der Waals surface area (Å²) in [5, 5.41) is 12.0. The maximum absolute atomic E-state index is 12.4. The van der Waals surface area contributed by atoms with E-state index < -0.39 is 0 Å². The van der Waals surface area contributed by atoms with Gasteiger partial charge < -0.3 is 19.6 Å². The molecule has 0 unspecified atom stereocenters. The van der Waals surface area contributed by atoms with Gasteiger partial charge >= 0.3 is 0 Å². The zero-order valence-electron chi connectivity index (χ0n) is 14.1. The second kappa shape index (κ2) is 7.23. The van der Waals surface area contributed by atoms with E-state index in [4.69, 9.17) is 14.3 Å². The van der Waals surface area contributed by atoms with Crippen molar-refractivity contribution >= 4 is 11.6 Å². The fourth-order valence-electron chi connectivity index (χ4n) is 2.49. The molecule has 5 heteroatoms. The fraction of sp³-hybridized carbons (Fsp3) is 0.150. The van der Waals surface area contributed by atoms with E-state index in [9.17, 15) is 4.79 Å². The number of benzene rings is 2. The normalized spacial score (nSPS) is 10.5. The Morgan fingerprint density at radius 2 is 1.88 bits per heavy atom. The maximum Gasteiger partial charge on any atom is 0.255 e. The van der Waals surface area contributed by atoms with Crippen molar-refractivity contribution in [2.75, 3.05) is 12.4 Å². The Hall–Kier alpha value is -3.05. The van der Waals surface area contributed by atoms with Gasteiger partial charge in [-0.05, 0) is 49.4 Å². The lowest BCUT2D eigenvalue weighted by Gasteiger charge is -2.10. The summed E-state index contributed by atoms with van der Waals surface area (Å²) in [6.07, 6.45) is 0. The first-order valence-electron chi connectivity index (χ1n) is 7.86. The molecule has 2 aromatic carbocycles. The van der Waals surface area contributed by atoms with Gasteiger partial charge in [-0.2, -0.15) is 0 Å². The van der Waals surface area contributed by atoms with Crippen LogP contribution in [0.1, 0.15) is 21.7 Å². The van der Waals surface area contributed by atoms with Crippen LogP contribution in [-0.2, 0) is 6.61 Å². The number of amides is 1. The predicted molar refractivity (Wildman–Crippen MR) is 95.8 cm³/mol. The second-order valence-corrected chi connectivity index (χ2v) is 5.66. The van der Waals surface area contributed by atoms with Crippen LogP contribution in [0.4, 0.5) is 5.69 Å². The lowest BCUT2D eigenvalue weighted by atomic mass is 10.1. The Bertz CT molecular complexity index is 881. The summed E-state index contributed by atoms with van der Waals surface area (Å²) >= 11 is 0. The predicted octanol–water partition coefficient (Wildman–Crippen LogP) is 4.01. The SMILES string of the molecule is COc1ccc(NC(=O)c2ccc(C)cc2)cc1-c1ccc(CO)o1. The summed E-state index contributed by atoms with van der Waals surface area (Å²) < 4.78 is 10.9. The van der Waals surface area contributed by atoms with Crippen molar-refractivity contribution in [3.05, 3.63) is 71.5 Å². The van der Waals surface area contributed by atoms with Gasteiger partial charge in [-0.1, -0.05) is 17.7 Å². The summed E-state index contributed by atoms with van der Waals surface area (Å²) in [5.74, 6) is 1.46. The third-order valence-electron chi connectivity index (χ3n) is 3.85. The highest BCUT2D eigenvalue weighted by Gasteiger charge is 2.13. The van der Waals surface area contributed by atoms with Crippen molar-refractivity contribution < 1.29 is 19.1 Å². The molecule has 128 valence electrons. The molecule has 5 nitrogen and oxygen atoms in total. The van der Waals surface area contributed by atoms with E-state index in [1.165, 1.54) is 0 Å². The molecule has 1 aromatic heterocycles. The van der Waals surface area contributed by atoms with Gasteiger partial charge in [-0.15, -0.1) is 0 Å². The number of anilines is 1. The molecule has 25 heavy (non-hydrogen) atoms. The van der Waals surface area contributed by atoms with Crippen molar-refractivity contribution in [1.82, 2.24) is 0 Å². The van der Waals surface area contributed by atoms with Gasteiger partial charge in [0.1, 0.15) is 23.9 Å². The number of aliphatic hydroxyl groups excluding tert-OH is 1. The Morgan fingerprint density at radius 3 is 2.52 bits per heavy atom. The van der Waals surface area contributed by atoms with E-state index in [2.05, 4.69) is 5.32 Å². The number of rotatable bonds is 5. The molecule has 0 atom stereocenters. The van der Waals surface area contributed by atoms with Gasteiger partial charge in [0.25, 0.3) is 5.91 Å². The quantitative estimate of drug-likeness (QED) is 0.738. The topological polar surface area (TPSA) is 71.7 Å². The molecule has 0 aliphatic heterocycles. The number of aliphatic hydroxyl groups is 1. The van der Waals surface area contributed by atoms with Crippen LogP contribution in [0, 0.1) is 6.92 Å². The van der Waals surface area contributed by atoms with E-state index >= 15 is 0 Å². The van der Waals surface area contributed by atoms with Gasteiger partial charge in [-0.25, -0.2) is 0 Å². The van der Waals surface area contributed by atoms with E-state index in [1.807, 2.05) is 19.1 Å². The fourth-order valence-corrected chi connectivity index (χ4v) is 2.49.